The van der Waals surface area contributed by atoms with Crippen LogP contribution in [0.25, 0.3) is 0 Å². The van der Waals surface area contributed by atoms with Crippen molar-refractivity contribution in [3.8, 4) is 0 Å². The van der Waals surface area contributed by atoms with Gasteiger partial charge in [-0.15, -0.1) is 0 Å². The monoisotopic (exact) mass is 418 g/mol. The van der Waals surface area contributed by atoms with Gasteiger partial charge in [-0.05, 0) is 56.7 Å². The van der Waals surface area contributed by atoms with E-state index in [1.165, 1.54) is 0 Å². The third-order valence-corrected chi connectivity index (χ3v) is 5.39. The number of guanidine groups is 1. The summed E-state index contributed by atoms with van der Waals surface area (Å²) in [6, 6.07) is 7.76. The number of nitrogens with one attached hydrogen (secondary N) is 2. The average molecular weight is 419 g/mol. The molecule has 0 bridgehead atoms. The standard InChI is InChI=1S/C23H38N4O3/c1-4-27(5-2)22(28)21-9-7-19(8-10-21)17-26-23(24-3)25-13-6-14-30-18-20-11-15-29-16-12-20/h7-10,20H,4-6,11-18H2,1-3H3,(H2,24,25,26). The Bertz CT molecular complexity index is 638. The van der Waals surface area contributed by atoms with Gasteiger partial charge in [-0.3, -0.25) is 9.79 Å². The van der Waals surface area contributed by atoms with Crippen molar-refractivity contribution in [2.24, 2.45) is 10.9 Å². The van der Waals surface area contributed by atoms with Crippen LogP contribution in [0.2, 0.25) is 0 Å². The minimum Gasteiger partial charge on any atom is -0.381 e. The van der Waals surface area contributed by atoms with E-state index in [0.717, 1.165) is 82.4 Å². The molecular weight excluding hydrogens is 380 g/mol. The normalized spacial score (nSPS) is 15.1. The van der Waals surface area contributed by atoms with E-state index in [-0.39, 0.29) is 5.91 Å². The fourth-order valence-corrected chi connectivity index (χ4v) is 3.41. The van der Waals surface area contributed by atoms with Crippen molar-refractivity contribution in [2.75, 3.05) is 53.1 Å². The minimum absolute atomic E-state index is 0.0797. The molecule has 0 radical (unpaired) electrons. The highest BCUT2D eigenvalue weighted by atomic mass is 16.5. The fourth-order valence-electron chi connectivity index (χ4n) is 3.41. The number of amides is 1. The molecule has 1 aromatic carbocycles. The van der Waals surface area contributed by atoms with E-state index >= 15 is 0 Å². The molecule has 2 rings (SSSR count). The highest BCUT2D eigenvalue weighted by molar-refractivity contribution is 5.94. The van der Waals surface area contributed by atoms with E-state index < -0.39 is 0 Å². The van der Waals surface area contributed by atoms with Gasteiger partial charge in [0.15, 0.2) is 5.96 Å². The smallest absolute Gasteiger partial charge is 0.253 e. The van der Waals surface area contributed by atoms with Crippen LogP contribution in [-0.2, 0) is 16.0 Å². The van der Waals surface area contributed by atoms with Crippen LogP contribution in [0.5, 0.6) is 0 Å². The van der Waals surface area contributed by atoms with Gasteiger partial charge < -0.3 is 25.0 Å². The summed E-state index contributed by atoms with van der Waals surface area (Å²) >= 11 is 0. The predicted octanol–water partition coefficient (Wildman–Crippen LogP) is 2.67. The second kappa shape index (κ2) is 14.0. The van der Waals surface area contributed by atoms with Crippen LogP contribution < -0.4 is 10.6 Å². The van der Waals surface area contributed by atoms with Crippen LogP contribution in [0.1, 0.15) is 49.0 Å². The summed E-state index contributed by atoms with van der Waals surface area (Å²) < 4.78 is 11.2. The zero-order chi connectivity index (χ0) is 21.6. The summed E-state index contributed by atoms with van der Waals surface area (Å²) in [5.41, 5.74) is 1.83. The maximum atomic E-state index is 12.4. The second-order valence-corrected chi connectivity index (χ2v) is 7.51. The summed E-state index contributed by atoms with van der Waals surface area (Å²) in [5, 5.41) is 6.63. The Morgan fingerprint density at radius 2 is 1.87 bits per heavy atom. The van der Waals surface area contributed by atoms with Gasteiger partial charge in [-0.2, -0.15) is 0 Å². The van der Waals surface area contributed by atoms with E-state index in [0.29, 0.717) is 12.5 Å². The van der Waals surface area contributed by atoms with Gasteiger partial charge in [0.2, 0.25) is 0 Å². The molecule has 1 aromatic rings. The zero-order valence-electron chi connectivity index (χ0n) is 18.8. The van der Waals surface area contributed by atoms with Gasteiger partial charge in [0.25, 0.3) is 5.91 Å². The van der Waals surface area contributed by atoms with Crippen molar-refractivity contribution < 1.29 is 14.3 Å². The molecular formula is C23H38N4O3. The molecule has 7 nitrogen and oxygen atoms in total. The van der Waals surface area contributed by atoms with Gasteiger partial charge >= 0.3 is 0 Å². The number of ether oxygens (including phenoxy) is 2. The Morgan fingerprint density at radius 3 is 2.50 bits per heavy atom. The molecule has 0 spiro atoms. The molecule has 1 heterocycles. The number of benzene rings is 1. The van der Waals surface area contributed by atoms with Crippen LogP contribution in [0.4, 0.5) is 0 Å². The quantitative estimate of drug-likeness (QED) is 0.328. The van der Waals surface area contributed by atoms with E-state index in [2.05, 4.69) is 15.6 Å². The summed E-state index contributed by atoms with van der Waals surface area (Å²) in [7, 11) is 1.77. The molecule has 0 aliphatic carbocycles. The van der Waals surface area contributed by atoms with Crippen molar-refractivity contribution in [2.45, 2.75) is 39.7 Å². The Morgan fingerprint density at radius 1 is 1.17 bits per heavy atom. The van der Waals surface area contributed by atoms with Gasteiger partial charge in [0.05, 0.1) is 0 Å². The van der Waals surface area contributed by atoms with E-state index in [1.54, 1.807) is 7.05 Å². The Balaban J connectivity index is 1.63. The summed E-state index contributed by atoms with van der Waals surface area (Å²) in [4.78, 5) is 18.5. The molecule has 0 unspecified atom stereocenters. The van der Waals surface area contributed by atoms with Gasteiger partial charge in [0.1, 0.15) is 0 Å². The number of hydrogen-bond donors (Lipinski definition) is 2. The number of carbonyl (C=O) groups excluding carboxylic acids is 1. The maximum Gasteiger partial charge on any atom is 0.253 e. The van der Waals surface area contributed by atoms with Crippen molar-refractivity contribution in [3.05, 3.63) is 35.4 Å². The van der Waals surface area contributed by atoms with Crippen LogP contribution in [0.15, 0.2) is 29.3 Å². The molecule has 1 aliphatic rings. The van der Waals surface area contributed by atoms with Crippen molar-refractivity contribution in [3.63, 3.8) is 0 Å². The maximum absolute atomic E-state index is 12.4. The van der Waals surface area contributed by atoms with Crippen molar-refractivity contribution >= 4 is 11.9 Å². The van der Waals surface area contributed by atoms with Crippen LogP contribution in [0, 0.1) is 5.92 Å². The molecule has 0 saturated carbocycles. The molecule has 30 heavy (non-hydrogen) atoms. The molecule has 1 amide bonds. The first-order valence-electron chi connectivity index (χ1n) is 11.2. The third kappa shape index (κ3) is 8.32. The highest BCUT2D eigenvalue weighted by Gasteiger charge is 2.13. The van der Waals surface area contributed by atoms with Crippen LogP contribution in [-0.4, -0.2) is 69.9 Å². The minimum atomic E-state index is 0.0797. The summed E-state index contributed by atoms with van der Waals surface area (Å²) in [6.07, 6.45) is 3.16. The highest BCUT2D eigenvalue weighted by Crippen LogP contribution is 2.14. The van der Waals surface area contributed by atoms with Crippen molar-refractivity contribution in [1.82, 2.24) is 15.5 Å². The van der Waals surface area contributed by atoms with Crippen LogP contribution >= 0.6 is 0 Å². The Kier molecular flexibility index (Phi) is 11.3. The predicted molar refractivity (Wildman–Crippen MR) is 121 cm³/mol. The number of aliphatic imine (C=N–C) groups is 1. The molecule has 168 valence electrons. The Hall–Kier alpha value is -2.12. The fraction of sp³-hybridized carbons (Fsp3) is 0.652. The molecule has 1 saturated heterocycles. The lowest BCUT2D eigenvalue weighted by atomic mass is 10.0. The molecule has 0 atom stereocenters. The van der Waals surface area contributed by atoms with Gasteiger partial charge in [0, 0.05) is 65.2 Å². The lowest BCUT2D eigenvalue weighted by molar-refractivity contribution is 0.0203. The molecule has 1 aliphatic heterocycles. The van der Waals surface area contributed by atoms with E-state index in [9.17, 15) is 4.79 Å². The number of nitrogens with zero attached hydrogens (tertiary/aromatic N) is 2. The van der Waals surface area contributed by atoms with E-state index in [1.807, 2.05) is 43.0 Å². The van der Waals surface area contributed by atoms with Gasteiger partial charge in [-0.1, -0.05) is 12.1 Å². The van der Waals surface area contributed by atoms with Crippen LogP contribution in [0.3, 0.4) is 0 Å². The molecule has 0 aromatic heterocycles. The second-order valence-electron chi connectivity index (χ2n) is 7.51. The largest absolute Gasteiger partial charge is 0.381 e. The van der Waals surface area contributed by atoms with Crippen molar-refractivity contribution in [1.29, 1.82) is 0 Å². The molecule has 2 N–H and O–H groups in total. The lowest BCUT2D eigenvalue weighted by Gasteiger charge is -2.21. The summed E-state index contributed by atoms with van der Waals surface area (Å²) in [6.45, 7) is 10.2. The SMILES string of the molecule is CCN(CC)C(=O)c1ccc(CNC(=NC)NCCCOCC2CCOCC2)cc1. The number of carbonyl (C=O) groups is 1. The first-order chi connectivity index (χ1) is 14.7. The molecule has 1 fully saturated rings. The number of rotatable bonds is 11. The number of hydrogen-bond acceptors (Lipinski definition) is 4. The third-order valence-electron chi connectivity index (χ3n) is 5.39. The zero-order valence-corrected chi connectivity index (χ0v) is 18.8. The lowest BCUT2D eigenvalue weighted by Crippen LogP contribution is -2.37. The first kappa shape index (κ1) is 24.2. The average Bonchev–Trinajstić information content (AvgIpc) is 2.80. The Labute approximate surface area is 181 Å². The van der Waals surface area contributed by atoms with Gasteiger partial charge in [-0.25, -0.2) is 0 Å². The molecule has 7 heteroatoms. The topological polar surface area (TPSA) is 75.2 Å². The first-order valence-corrected chi connectivity index (χ1v) is 11.2. The van der Waals surface area contributed by atoms with E-state index in [4.69, 9.17) is 9.47 Å². The summed E-state index contributed by atoms with van der Waals surface area (Å²) in [5.74, 6) is 1.49.